The van der Waals surface area contributed by atoms with Gasteiger partial charge in [0.2, 0.25) is 0 Å². The van der Waals surface area contributed by atoms with Gasteiger partial charge in [-0.15, -0.1) is 26.9 Å². The number of carbonyl (C=O) groups excluding carboxylic acids is 1. The first-order valence-electron chi connectivity index (χ1n) is 10.0. The SMILES string of the molecule is CCN(CCl)Cc1nnc(-c2ccc(F)cc2)n1-c1ccn(C(=O)NCC(CO)CO)n1. The first-order valence-corrected chi connectivity index (χ1v) is 10.6. The molecule has 12 heteroatoms. The van der Waals surface area contributed by atoms with Gasteiger partial charge in [0.15, 0.2) is 17.5 Å². The summed E-state index contributed by atoms with van der Waals surface area (Å²) in [5.74, 6) is 0.560. The Morgan fingerprint density at radius 3 is 2.56 bits per heavy atom. The van der Waals surface area contributed by atoms with Crippen LogP contribution >= 0.6 is 11.6 Å². The fourth-order valence-corrected chi connectivity index (χ4v) is 3.18. The molecule has 172 valence electrons. The van der Waals surface area contributed by atoms with Gasteiger partial charge in [-0.1, -0.05) is 6.92 Å². The van der Waals surface area contributed by atoms with Crippen molar-refractivity contribution in [2.24, 2.45) is 5.92 Å². The molecule has 3 aromatic rings. The number of nitrogens with zero attached hydrogens (tertiary/aromatic N) is 6. The summed E-state index contributed by atoms with van der Waals surface area (Å²) < 4.78 is 16.2. The van der Waals surface area contributed by atoms with E-state index in [1.165, 1.54) is 18.3 Å². The third kappa shape index (κ3) is 5.49. The number of hydrogen-bond acceptors (Lipinski definition) is 7. The highest BCUT2D eigenvalue weighted by Gasteiger charge is 2.20. The highest BCUT2D eigenvalue weighted by atomic mass is 35.5. The van der Waals surface area contributed by atoms with E-state index >= 15 is 0 Å². The first kappa shape index (κ1) is 23.8. The number of amides is 1. The van der Waals surface area contributed by atoms with Crippen molar-refractivity contribution in [2.45, 2.75) is 13.5 Å². The van der Waals surface area contributed by atoms with Crippen molar-refractivity contribution in [1.29, 1.82) is 0 Å². The van der Waals surface area contributed by atoms with E-state index in [0.717, 1.165) is 4.68 Å². The molecule has 1 aromatic carbocycles. The van der Waals surface area contributed by atoms with Gasteiger partial charge in [-0.25, -0.2) is 9.18 Å². The number of aliphatic hydroxyl groups is 2. The Labute approximate surface area is 189 Å². The Kier molecular flexibility index (Phi) is 8.28. The number of carbonyl (C=O) groups is 1. The molecule has 0 unspecified atom stereocenters. The Morgan fingerprint density at radius 1 is 1.22 bits per heavy atom. The fourth-order valence-electron chi connectivity index (χ4n) is 2.93. The van der Waals surface area contributed by atoms with E-state index in [2.05, 4.69) is 20.6 Å². The molecule has 0 aliphatic heterocycles. The van der Waals surface area contributed by atoms with E-state index in [1.807, 2.05) is 11.8 Å². The smallest absolute Gasteiger partial charge is 0.342 e. The lowest BCUT2D eigenvalue weighted by molar-refractivity contribution is 0.149. The predicted molar refractivity (Wildman–Crippen MR) is 116 cm³/mol. The molecule has 10 nitrogen and oxygen atoms in total. The zero-order chi connectivity index (χ0) is 23.1. The number of halogens is 2. The number of nitrogens with one attached hydrogen (secondary N) is 1. The van der Waals surface area contributed by atoms with Crippen LogP contribution in [0, 0.1) is 11.7 Å². The minimum Gasteiger partial charge on any atom is -0.396 e. The molecule has 2 heterocycles. The fraction of sp³-hybridized carbons (Fsp3) is 0.400. The number of rotatable bonds is 10. The molecule has 0 atom stereocenters. The summed E-state index contributed by atoms with van der Waals surface area (Å²) in [5.41, 5.74) is 0.631. The predicted octanol–water partition coefficient (Wildman–Crippen LogP) is 1.45. The Hall–Kier alpha value is -2.86. The molecule has 0 aliphatic carbocycles. The van der Waals surface area contributed by atoms with E-state index in [4.69, 9.17) is 21.8 Å². The Balaban J connectivity index is 1.93. The molecule has 3 rings (SSSR count). The van der Waals surface area contributed by atoms with Crippen molar-refractivity contribution in [3.63, 3.8) is 0 Å². The van der Waals surface area contributed by atoms with Crippen molar-refractivity contribution in [3.05, 3.63) is 48.2 Å². The Morgan fingerprint density at radius 2 is 1.94 bits per heavy atom. The van der Waals surface area contributed by atoms with Crippen LogP contribution in [0.15, 0.2) is 36.5 Å². The van der Waals surface area contributed by atoms with Crippen LogP contribution in [0.5, 0.6) is 0 Å². The van der Waals surface area contributed by atoms with Crippen molar-refractivity contribution < 1.29 is 19.4 Å². The average molecular weight is 466 g/mol. The van der Waals surface area contributed by atoms with Gasteiger partial charge < -0.3 is 15.5 Å². The van der Waals surface area contributed by atoms with Crippen LogP contribution in [0.4, 0.5) is 9.18 Å². The highest BCUT2D eigenvalue weighted by Crippen LogP contribution is 2.23. The second-order valence-electron chi connectivity index (χ2n) is 7.08. The van der Waals surface area contributed by atoms with Crippen LogP contribution in [0.25, 0.3) is 17.2 Å². The van der Waals surface area contributed by atoms with Gasteiger partial charge in [-0.05, 0) is 30.8 Å². The summed E-state index contributed by atoms with van der Waals surface area (Å²) in [4.78, 5) is 14.4. The van der Waals surface area contributed by atoms with E-state index in [0.29, 0.717) is 42.1 Å². The maximum Gasteiger partial charge on any atom is 0.342 e. The van der Waals surface area contributed by atoms with Crippen LogP contribution in [0.1, 0.15) is 12.7 Å². The molecule has 0 saturated heterocycles. The Bertz CT molecular complexity index is 1020. The second kappa shape index (κ2) is 11.1. The van der Waals surface area contributed by atoms with E-state index in [1.54, 1.807) is 22.8 Å². The maximum absolute atomic E-state index is 13.4. The van der Waals surface area contributed by atoms with Gasteiger partial charge in [0.25, 0.3) is 0 Å². The summed E-state index contributed by atoms with van der Waals surface area (Å²) in [6.07, 6.45) is 1.48. The van der Waals surface area contributed by atoms with Gasteiger partial charge in [-0.2, -0.15) is 4.68 Å². The standard InChI is InChI=1S/C20H25ClFN7O3/c1-2-27(13-21)10-18-24-25-19(15-3-5-16(22)6-4-15)29(18)17-7-8-28(26-17)20(32)23-9-14(11-30)12-31/h3-8,14,30-31H,2,9-13H2,1H3,(H,23,32). The topological polar surface area (TPSA) is 121 Å². The van der Waals surface area contributed by atoms with Crippen molar-refractivity contribution in [2.75, 3.05) is 32.3 Å². The summed E-state index contributed by atoms with van der Waals surface area (Å²) in [6.45, 7) is 2.65. The van der Waals surface area contributed by atoms with Gasteiger partial charge in [0.1, 0.15) is 5.82 Å². The highest BCUT2D eigenvalue weighted by molar-refractivity contribution is 6.17. The van der Waals surface area contributed by atoms with Crippen molar-refractivity contribution >= 4 is 17.6 Å². The maximum atomic E-state index is 13.4. The minimum absolute atomic E-state index is 0.0981. The number of benzene rings is 1. The molecule has 0 bridgehead atoms. The summed E-state index contributed by atoms with van der Waals surface area (Å²) in [6, 6.07) is 7.25. The summed E-state index contributed by atoms with van der Waals surface area (Å²) in [7, 11) is 0. The molecule has 0 saturated carbocycles. The van der Waals surface area contributed by atoms with Crippen LogP contribution in [-0.2, 0) is 6.54 Å². The molecule has 32 heavy (non-hydrogen) atoms. The minimum atomic E-state index is -0.517. The van der Waals surface area contributed by atoms with Crippen molar-refractivity contribution in [1.82, 2.24) is 34.8 Å². The molecule has 0 spiro atoms. The van der Waals surface area contributed by atoms with E-state index in [9.17, 15) is 9.18 Å². The van der Waals surface area contributed by atoms with Crippen LogP contribution in [0.2, 0.25) is 0 Å². The van der Waals surface area contributed by atoms with Crippen LogP contribution < -0.4 is 5.32 Å². The van der Waals surface area contributed by atoms with E-state index in [-0.39, 0.29) is 25.6 Å². The lowest BCUT2D eigenvalue weighted by Crippen LogP contribution is -2.35. The van der Waals surface area contributed by atoms with Crippen molar-refractivity contribution in [3.8, 4) is 17.2 Å². The molecular formula is C20H25ClFN7O3. The average Bonchev–Trinajstić information content (AvgIpc) is 3.45. The zero-order valence-electron chi connectivity index (χ0n) is 17.5. The lowest BCUT2D eigenvalue weighted by Gasteiger charge is -2.16. The number of hydrogen-bond donors (Lipinski definition) is 3. The molecular weight excluding hydrogens is 441 g/mol. The molecule has 1 amide bonds. The molecule has 0 aliphatic rings. The monoisotopic (exact) mass is 465 g/mol. The number of alkyl halides is 1. The summed E-state index contributed by atoms with van der Waals surface area (Å²) >= 11 is 6.01. The zero-order valence-corrected chi connectivity index (χ0v) is 18.3. The lowest BCUT2D eigenvalue weighted by atomic mass is 10.2. The normalized spacial score (nSPS) is 11.5. The molecule has 0 fully saturated rings. The second-order valence-corrected chi connectivity index (χ2v) is 7.32. The van der Waals surface area contributed by atoms with Gasteiger partial charge in [0.05, 0.1) is 12.5 Å². The number of aliphatic hydroxyl groups excluding tert-OH is 2. The molecule has 0 radical (unpaired) electrons. The molecule has 2 aromatic heterocycles. The third-order valence-electron chi connectivity index (χ3n) is 4.88. The first-order chi connectivity index (χ1) is 15.5. The summed E-state index contributed by atoms with van der Waals surface area (Å²) in [5, 5.41) is 33.8. The van der Waals surface area contributed by atoms with Gasteiger partial charge >= 0.3 is 6.03 Å². The van der Waals surface area contributed by atoms with E-state index < -0.39 is 11.9 Å². The largest absolute Gasteiger partial charge is 0.396 e. The van der Waals surface area contributed by atoms with Crippen LogP contribution in [0.3, 0.4) is 0 Å². The van der Waals surface area contributed by atoms with Gasteiger partial charge in [0, 0.05) is 43.5 Å². The molecule has 3 N–H and O–H groups in total. The third-order valence-corrected chi connectivity index (χ3v) is 5.22. The quantitative estimate of drug-likeness (QED) is 0.306. The number of aromatic nitrogens is 5. The van der Waals surface area contributed by atoms with Crippen LogP contribution in [-0.4, -0.2) is 78.0 Å². The van der Waals surface area contributed by atoms with Gasteiger partial charge in [-0.3, -0.25) is 9.47 Å².